The van der Waals surface area contributed by atoms with Crippen molar-refractivity contribution in [1.82, 2.24) is 19.4 Å². The van der Waals surface area contributed by atoms with Gasteiger partial charge in [0, 0.05) is 63.8 Å². The quantitative estimate of drug-likeness (QED) is 0.266. The summed E-state index contributed by atoms with van der Waals surface area (Å²) in [6.07, 6.45) is 3.74. The second-order valence-corrected chi connectivity index (χ2v) is 11.3. The summed E-state index contributed by atoms with van der Waals surface area (Å²) in [5.74, 6) is 0.922. The van der Waals surface area contributed by atoms with Crippen LogP contribution in [0.3, 0.4) is 0 Å². The maximum absolute atomic E-state index is 13.5. The summed E-state index contributed by atoms with van der Waals surface area (Å²) in [6.45, 7) is 8.31. The Morgan fingerprint density at radius 1 is 0.854 bits per heavy atom. The molecule has 0 radical (unpaired) electrons. The van der Waals surface area contributed by atoms with Crippen LogP contribution in [0.25, 0.3) is 10.2 Å². The minimum absolute atomic E-state index is 0. The van der Waals surface area contributed by atoms with Gasteiger partial charge in [0.05, 0.1) is 24.5 Å². The lowest BCUT2D eigenvalue weighted by Gasteiger charge is -2.36. The van der Waals surface area contributed by atoms with Gasteiger partial charge in [-0.25, -0.2) is 4.98 Å². The van der Waals surface area contributed by atoms with Crippen molar-refractivity contribution in [2.45, 2.75) is 25.9 Å². The number of anilines is 1. The average molecular weight is 639 g/mol. The molecular weight excluding hydrogens is 601 g/mol. The predicted molar refractivity (Wildman–Crippen MR) is 176 cm³/mol. The lowest BCUT2D eigenvalue weighted by Crippen LogP contribution is -2.47. The molecule has 0 N–H and O–H groups in total. The van der Waals surface area contributed by atoms with E-state index in [1.807, 2.05) is 16.7 Å². The standard InChI is InChI=1S/C30H35N5O2S.3ClH/c1-37-26-10-6-5-9-25(26)34-18-15-32(16-19-34)17-20-35-22-31-29-28(30(35)36)24-12-14-33(21-27(24)38-29)13-11-23-7-3-2-4-8-23;;;/h2-10,22H,11-21H2,1H3;3*1H. The van der Waals surface area contributed by atoms with Crippen LogP contribution >= 0.6 is 48.6 Å². The SMILES string of the molecule is COc1ccccc1N1CCN(CCn2cnc3sc4c(c3c2=O)CCN(CCc2ccccc2)C4)CC1.Cl.Cl.Cl. The molecule has 6 rings (SSSR count). The van der Waals surface area contributed by atoms with Gasteiger partial charge in [-0.1, -0.05) is 42.5 Å². The third-order valence-electron chi connectivity index (χ3n) is 7.92. The van der Waals surface area contributed by atoms with Crippen LogP contribution in [0.4, 0.5) is 5.69 Å². The van der Waals surface area contributed by atoms with Crippen LogP contribution in [0, 0.1) is 0 Å². The van der Waals surface area contributed by atoms with E-state index in [2.05, 4.69) is 57.2 Å². The minimum atomic E-state index is 0. The first-order valence-corrected chi connectivity index (χ1v) is 14.4. The van der Waals surface area contributed by atoms with Gasteiger partial charge in [-0.3, -0.25) is 19.2 Å². The highest BCUT2D eigenvalue weighted by Crippen LogP contribution is 2.32. The number of nitrogens with zero attached hydrogens (tertiary/aromatic N) is 5. The molecule has 7 nitrogen and oxygen atoms in total. The predicted octanol–water partition coefficient (Wildman–Crippen LogP) is 5.16. The minimum Gasteiger partial charge on any atom is -0.495 e. The molecule has 0 bridgehead atoms. The molecule has 2 aromatic heterocycles. The number of halogens is 3. The van der Waals surface area contributed by atoms with Gasteiger partial charge in [-0.05, 0) is 36.1 Å². The molecule has 1 fully saturated rings. The molecule has 2 aliphatic rings. The molecule has 11 heteroatoms. The second kappa shape index (κ2) is 15.2. The topological polar surface area (TPSA) is 53.8 Å². The molecule has 2 aliphatic heterocycles. The van der Waals surface area contributed by atoms with Crippen molar-refractivity contribution < 1.29 is 4.74 Å². The molecular formula is C30H38Cl3N5O2S. The zero-order chi connectivity index (χ0) is 25.9. The van der Waals surface area contributed by atoms with Gasteiger partial charge in [-0.2, -0.15) is 0 Å². The van der Waals surface area contributed by atoms with Crippen LogP contribution in [0.5, 0.6) is 5.75 Å². The zero-order valence-corrected chi connectivity index (χ0v) is 26.5. The van der Waals surface area contributed by atoms with Gasteiger partial charge in [0.15, 0.2) is 0 Å². The number of aromatic nitrogens is 2. The highest BCUT2D eigenvalue weighted by molar-refractivity contribution is 7.18. The van der Waals surface area contributed by atoms with E-state index < -0.39 is 0 Å². The highest BCUT2D eigenvalue weighted by Gasteiger charge is 2.24. The fourth-order valence-corrected chi connectivity index (χ4v) is 6.93. The number of methoxy groups -OCH3 is 1. The second-order valence-electron chi connectivity index (χ2n) is 10.2. The molecule has 4 heterocycles. The number of ether oxygens (including phenoxy) is 1. The molecule has 0 saturated carbocycles. The number of rotatable bonds is 8. The van der Waals surface area contributed by atoms with E-state index in [1.165, 1.54) is 16.0 Å². The van der Waals surface area contributed by atoms with Crippen LogP contribution in [-0.2, 0) is 25.9 Å². The monoisotopic (exact) mass is 637 g/mol. The Morgan fingerprint density at radius 3 is 2.34 bits per heavy atom. The summed E-state index contributed by atoms with van der Waals surface area (Å²) in [5, 5.41) is 0.858. The Morgan fingerprint density at radius 2 is 1.59 bits per heavy atom. The van der Waals surface area contributed by atoms with Crippen molar-refractivity contribution in [3.05, 3.63) is 87.3 Å². The molecule has 4 aromatic rings. The number of fused-ring (bicyclic) bond motifs is 3. The number of hydrogen-bond donors (Lipinski definition) is 0. The van der Waals surface area contributed by atoms with Crippen LogP contribution < -0.4 is 15.2 Å². The van der Waals surface area contributed by atoms with E-state index in [-0.39, 0.29) is 42.8 Å². The van der Waals surface area contributed by atoms with E-state index in [0.29, 0.717) is 6.54 Å². The van der Waals surface area contributed by atoms with E-state index in [0.717, 1.165) is 86.9 Å². The number of thiophene rings is 1. The largest absolute Gasteiger partial charge is 0.495 e. The van der Waals surface area contributed by atoms with Crippen molar-refractivity contribution in [1.29, 1.82) is 0 Å². The lowest BCUT2D eigenvalue weighted by molar-refractivity contribution is 0.246. The average Bonchev–Trinajstić information content (AvgIpc) is 3.35. The summed E-state index contributed by atoms with van der Waals surface area (Å²) < 4.78 is 7.37. The Hall–Kier alpha value is -2.33. The molecule has 0 aliphatic carbocycles. The molecule has 0 spiro atoms. The number of piperazine rings is 1. The molecule has 222 valence electrons. The number of hydrogen-bond acceptors (Lipinski definition) is 7. The van der Waals surface area contributed by atoms with Gasteiger partial charge in [0.2, 0.25) is 0 Å². The van der Waals surface area contributed by atoms with Gasteiger partial charge in [0.25, 0.3) is 5.56 Å². The molecule has 2 aromatic carbocycles. The van der Waals surface area contributed by atoms with Crippen LogP contribution in [0.15, 0.2) is 65.7 Å². The molecule has 1 saturated heterocycles. The van der Waals surface area contributed by atoms with Crippen molar-refractivity contribution in [3.8, 4) is 5.75 Å². The van der Waals surface area contributed by atoms with Crippen molar-refractivity contribution in [2.75, 3.05) is 57.8 Å². The summed E-state index contributed by atoms with van der Waals surface area (Å²) in [4.78, 5) is 27.8. The third kappa shape index (κ3) is 7.37. The van der Waals surface area contributed by atoms with Crippen molar-refractivity contribution in [3.63, 3.8) is 0 Å². The molecule has 0 amide bonds. The summed E-state index contributed by atoms with van der Waals surface area (Å²) in [6, 6.07) is 18.9. The maximum atomic E-state index is 13.5. The van der Waals surface area contributed by atoms with Gasteiger partial charge >= 0.3 is 0 Å². The number of para-hydroxylation sites is 2. The Balaban J connectivity index is 0.00000154. The lowest BCUT2D eigenvalue weighted by atomic mass is 10.0. The first-order valence-electron chi connectivity index (χ1n) is 13.6. The smallest absolute Gasteiger partial charge is 0.262 e. The van der Waals surface area contributed by atoms with E-state index in [1.54, 1.807) is 24.8 Å². The Labute approximate surface area is 264 Å². The van der Waals surface area contributed by atoms with E-state index in [4.69, 9.17) is 9.72 Å². The Bertz CT molecular complexity index is 1460. The maximum Gasteiger partial charge on any atom is 0.262 e. The van der Waals surface area contributed by atoms with Crippen LogP contribution in [0.1, 0.15) is 16.0 Å². The first-order chi connectivity index (χ1) is 18.7. The Kier molecular flexibility index (Phi) is 12.3. The van der Waals surface area contributed by atoms with Crippen LogP contribution in [0.2, 0.25) is 0 Å². The summed E-state index contributed by atoms with van der Waals surface area (Å²) in [7, 11) is 1.73. The highest BCUT2D eigenvalue weighted by atomic mass is 35.5. The van der Waals surface area contributed by atoms with Gasteiger partial charge in [-0.15, -0.1) is 48.6 Å². The molecule has 41 heavy (non-hydrogen) atoms. The fourth-order valence-electron chi connectivity index (χ4n) is 5.71. The van der Waals surface area contributed by atoms with Crippen molar-refractivity contribution in [2.24, 2.45) is 0 Å². The third-order valence-corrected chi connectivity index (χ3v) is 9.05. The van der Waals surface area contributed by atoms with Gasteiger partial charge in [0.1, 0.15) is 10.6 Å². The summed E-state index contributed by atoms with van der Waals surface area (Å²) >= 11 is 1.70. The van der Waals surface area contributed by atoms with Crippen LogP contribution in [-0.4, -0.2) is 72.3 Å². The fraction of sp³-hybridized carbons (Fsp3) is 0.400. The van der Waals surface area contributed by atoms with Gasteiger partial charge < -0.3 is 9.64 Å². The van der Waals surface area contributed by atoms with Crippen molar-refractivity contribution >= 4 is 64.5 Å². The number of benzene rings is 2. The normalized spacial score (nSPS) is 15.4. The molecule has 0 unspecified atom stereocenters. The van der Waals surface area contributed by atoms with E-state index in [9.17, 15) is 4.79 Å². The zero-order valence-electron chi connectivity index (χ0n) is 23.2. The summed E-state index contributed by atoms with van der Waals surface area (Å²) in [5.41, 5.74) is 3.89. The first kappa shape index (κ1) is 33.2. The van der Waals surface area contributed by atoms with E-state index >= 15 is 0 Å². The molecule has 0 atom stereocenters.